The Morgan fingerprint density at radius 3 is 2.60 bits per heavy atom. The SMILES string of the molecule is O=C(N[C@@H](CC(Cl)Cl)C(=O)O)c1cc2ccccc2s1. The molecule has 2 N–H and O–H groups in total. The van der Waals surface area contributed by atoms with Gasteiger partial charge in [-0.3, -0.25) is 4.79 Å². The Morgan fingerprint density at radius 1 is 1.30 bits per heavy atom. The fourth-order valence-corrected chi connectivity index (χ4v) is 3.05. The van der Waals surface area contributed by atoms with Gasteiger partial charge in [0.15, 0.2) is 0 Å². The molecule has 0 unspecified atom stereocenters. The normalized spacial score (nSPS) is 12.6. The fourth-order valence-electron chi connectivity index (χ4n) is 1.72. The van der Waals surface area contributed by atoms with E-state index in [4.69, 9.17) is 28.3 Å². The number of carbonyl (C=O) groups excluding carboxylic acids is 1. The van der Waals surface area contributed by atoms with Gasteiger partial charge in [-0.2, -0.15) is 0 Å². The molecule has 1 aromatic carbocycles. The predicted octanol–water partition coefficient (Wildman–Crippen LogP) is 3.28. The first-order valence-corrected chi connectivity index (χ1v) is 7.46. The summed E-state index contributed by atoms with van der Waals surface area (Å²) in [6.45, 7) is 0. The number of benzene rings is 1. The van der Waals surface area contributed by atoms with Crippen LogP contribution in [-0.4, -0.2) is 27.9 Å². The molecule has 0 spiro atoms. The zero-order valence-electron chi connectivity index (χ0n) is 10.2. The molecule has 1 heterocycles. The third-order valence-electron chi connectivity index (χ3n) is 2.67. The molecule has 0 saturated heterocycles. The number of thiophene rings is 1. The lowest BCUT2D eigenvalue weighted by atomic mass is 10.2. The monoisotopic (exact) mass is 331 g/mol. The van der Waals surface area contributed by atoms with Crippen molar-refractivity contribution >= 4 is 56.5 Å². The first-order valence-electron chi connectivity index (χ1n) is 5.78. The number of amides is 1. The topological polar surface area (TPSA) is 66.4 Å². The van der Waals surface area contributed by atoms with E-state index < -0.39 is 22.8 Å². The summed E-state index contributed by atoms with van der Waals surface area (Å²) in [5, 5.41) is 12.4. The molecule has 4 nitrogen and oxygen atoms in total. The number of alkyl halides is 2. The van der Waals surface area contributed by atoms with Crippen LogP contribution in [0.15, 0.2) is 30.3 Å². The number of nitrogens with one attached hydrogen (secondary N) is 1. The van der Waals surface area contributed by atoms with Crippen LogP contribution in [0.3, 0.4) is 0 Å². The van der Waals surface area contributed by atoms with Crippen LogP contribution in [0.25, 0.3) is 10.1 Å². The van der Waals surface area contributed by atoms with Crippen LogP contribution in [0.1, 0.15) is 16.1 Å². The maximum Gasteiger partial charge on any atom is 0.326 e. The third kappa shape index (κ3) is 3.62. The first kappa shape index (κ1) is 15.1. The van der Waals surface area contributed by atoms with Crippen LogP contribution in [0.4, 0.5) is 0 Å². The van der Waals surface area contributed by atoms with Crippen LogP contribution in [0, 0.1) is 0 Å². The summed E-state index contributed by atoms with van der Waals surface area (Å²) >= 11 is 12.4. The molecule has 1 amide bonds. The number of hydrogen-bond acceptors (Lipinski definition) is 3. The van der Waals surface area contributed by atoms with Crippen molar-refractivity contribution in [1.82, 2.24) is 5.32 Å². The van der Waals surface area contributed by atoms with Gasteiger partial charge in [0.05, 0.1) is 4.88 Å². The van der Waals surface area contributed by atoms with Gasteiger partial charge in [0, 0.05) is 11.1 Å². The van der Waals surface area contributed by atoms with Gasteiger partial charge < -0.3 is 10.4 Å². The molecule has 2 aromatic rings. The first-order chi connectivity index (χ1) is 9.47. The highest BCUT2D eigenvalue weighted by atomic mass is 35.5. The summed E-state index contributed by atoms with van der Waals surface area (Å²) in [6, 6.07) is 8.18. The second-order valence-corrected chi connectivity index (χ2v) is 6.50. The van der Waals surface area contributed by atoms with Crippen LogP contribution in [-0.2, 0) is 4.79 Å². The Kier molecular flexibility index (Phi) is 4.86. The zero-order valence-corrected chi connectivity index (χ0v) is 12.5. The quantitative estimate of drug-likeness (QED) is 0.826. The van der Waals surface area contributed by atoms with E-state index in [0.29, 0.717) is 4.88 Å². The van der Waals surface area contributed by atoms with E-state index >= 15 is 0 Å². The molecule has 1 atom stereocenters. The average molecular weight is 332 g/mol. The molecule has 0 radical (unpaired) electrons. The molecule has 20 heavy (non-hydrogen) atoms. The van der Waals surface area contributed by atoms with Gasteiger partial charge in [-0.1, -0.05) is 18.2 Å². The molecule has 1 aromatic heterocycles. The van der Waals surface area contributed by atoms with E-state index in [-0.39, 0.29) is 6.42 Å². The fraction of sp³-hybridized carbons (Fsp3) is 0.231. The van der Waals surface area contributed by atoms with Gasteiger partial charge in [-0.15, -0.1) is 34.5 Å². The Bertz CT molecular complexity index is 608. The summed E-state index contributed by atoms with van der Waals surface area (Å²) in [5.74, 6) is -1.60. The van der Waals surface area contributed by atoms with E-state index in [2.05, 4.69) is 5.32 Å². The molecular weight excluding hydrogens is 321 g/mol. The van der Waals surface area contributed by atoms with Crippen LogP contribution in [0.2, 0.25) is 0 Å². The standard InChI is InChI=1S/C13H11Cl2NO3S/c14-11(15)6-8(13(18)19)16-12(17)10-5-7-3-1-2-4-9(7)20-10/h1-5,8,11H,6H2,(H,16,17)(H,18,19)/t8-/m0/s1. The number of rotatable bonds is 5. The highest BCUT2D eigenvalue weighted by Crippen LogP contribution is 2.25. The minimum atomic E-state index is -1.16. The minimum Gasteiger partial charge on any atom is -0.480 e. The molecule has 7 heteroatoms. The molecular formula is C13H11Cl2NO3S. The van der Waals surface area contributed by atoms with E-state index in [1.54, 1.807) is 6.07 Å². The summed E-state index contributed by atoms with van der Waals surface area (Å²) in [4.78, 5) is 22.7. The summed E-state index contributed by atoms with van der Waals surface area (Å²) in [5.41, 5.74) is 0. The molecule has 0 fully saturated rings. The Hall–Kier alpha value is -1.30. The molecule has 0 aliphatic heterocycles. The Labute approximate surface area is 129 Å². The van der Waals surface area contributed by atoms with Crippen molar-refractivity contribution in [3.8, 4) is 0 Å². The van der Waals surface area contributed by atoms with Crippen molar-refractivity contribution < 1.29 is 14.7 Å². The van der Waals surface area contributed by atoms with E-state index in [1.807, 2.05) is 24.3 Å². The maximum atomic E-state index is 12.1. The van der Waals surface area contributed by atoms with Gasteiger partial charge in [0.2, 0.25) is 0 Å². The highest BCUT2D eigenvalue weighted by molar-refractivity contribution is 7.20. The van der Waals surface area contributed by atoms with Crippen LogP contribution in [0.5, 0.6) is 0 Å². The molecule has 106 valence electrons. The smallest absolute Gasteiger partial charge is 0.326 e. The summed E-state index contributed by atoms with van der Waals surface area (Å²) < 4.78 is 0.970. The second-order valence-electron chi connectivity index (χ2n) is 4.14. The third-order valence-corrected chi connectivity index (χ3v) is 4.14. The van der Waals surface area contributed by atoms with Gasteiger partial charge >= 0.3 is 5.97 Å². The number of hydrogen-bond donors (Lipinski definition) is 2. The van der Waals surface area contributed by atoms with Gasteiger partial charge in [0.25, 0.3) is 5.91 Å². The highest BCUT2D eigenvalue weighted by Gasteiger charge is 2.23. The van der Waals surface area contributed by atoms with E-state index in [0.717, 1.165) is 10.1 Å². The molecule has 0 bridgehead atoms. The van der Waals surface area contributed by atoms with Crippen molar-refractivity contribution in [3.63, 3.8) is 0 Å². The molecule has 0 aliphatic carbocycles. The van der Waals surface area contributed by atoms with Gasteiger partial charge in [-0.25, -0.2) is 4.79 Å². The van der Waals surface area contributed by atoms with E-state index in [1.165, 1.54) is 11.3 Å². The molecule has 0 aliphatic rings. The lowest BCUT2D eigenvalue weighted by Crippen LogP contribution is -2.41. The number of fused-ring (bicyclic) bond motifs is 1. The summed E-state index contributed by atoms with van der Waals surface area (Å²) in [7, 11) is 0. The Balaban J connectivity index is 2.15. The lowest BCUT2D eigenvalue weighted by molar-refractivity contribution is -0.139. The molecule has 0 saturated carbocycles. The zero-order chi connectivity index (χ0) is 14.7. The van der Waals surface area contributed by atoms with Crippen molar-refractivity contribution in [2.45, 2.75) is 17.3 Å². The van der Waals surface area contributed by atoms with Crippen LogP contribution >= 0.6 is 34.5 Å². The maximum absolute atomic E-state index is 12.1. The van der Waals surface area contributed by atoms with Gasteiger partial charge in [-0.05, 0) is 17.5 Å². The minimum absolute atomic E-state index is 0.0465. The van der Waals surface area contributed by atoms with Crippen molar-refractivity contribution in [2.24, 2.45) is 0 Å². The number of carbonyl (C=O) groups is 2. The lowest BCUT2D eigenvalue weighted by Gasteiger charge is -2.14. The van der Waals surface area contributed by atoms with E-state index in [9.17, 15) is 9.59 Å². The Morgan fingerprint density at radius 2 is 2.00 bits per heavy atom. The number of carboxylic acids is 1. The largest absolute Gasteiger partial charge is 0.480 e. The van der Waals surface area contributed by atoms with Crippen molar-refractivity contribution in [1.29, 1.82) is 0 Å². The van der Waals surface area contributed by atoms with Crippen molar-refractivity contribution in [2.75, 3.05) is 0 Å². The number of halogens is 2. The second kappa shape index (κ2) is 6.43. The average Bonchev–Trinajstić information content (AvgIpc) is 2.81. The number of carboxylic acid groups (broad SMARTS) is 1. The van der Waals surface area contributed by atoms with Crippen molar-refractivity contribution in [3.05, 3.63) is 35.2 Å². The predicted molar refractivity (Wildman–Crippen MR) is 80.8 cm³/mol. The molecule has 2 rings (SSSR count). The van der Waals surface area contributed by atoms with Gasteiger partial charge in [0.1, 0.15) is 10.9 Å². The summed E-state index contributed by atoms with van der Waals surface area (Å²) in [6.07, 6.45) is -0.0465. The number of aliphatic carboxylic acids is 1. The van der Waals surface area contributed by atoms with Crippen LogP contribution < -0.4 is 5.32 Å².